The third kappa shape index (κ3) is 5.79. The second kappa shape index (κ2) is 11.6. The van der Waals surface area contributed by atoms with Gasteiger partial charge in [-0.15, -0.1) is 0 Å². The third-order valence-corrected chi connectivity index (χ3v) is 9.55. The van der Waals surface area contributed by atoms with Crippen LogP contribution in [-0.4, -0.2) is 32.2 Å². The maximum Gasteiger partial charge on any atom is 0.495 e. The predicted octanol–water partition coefficient (Wildman–Crippen LogP) is 8.29. The van der Waals surface area contributed by atoms with Crippen LogP contribution in [0.1, 0.15) is 77.6 Å². The maximum absolute atomic E-state index is 6.58. The van der Waals surface area contributed by atoms with Crippen LogP contribution in [0, 0.1) is 0 Å². The normalized spacial score (nSPS) is 16.3. The molecule has 4 aromatic carbocycles. The fraction of sp³-hybridized carbons (Fsp3) is 0.368. The van der Waals surface area contributed by atoms with Crippen LogP contribution in [0.5, 0.6) is 5.75 Å². The van der Waals surface area contributed by atoms with Crippen molar-refractivity contribution in [3.05, 3.63) is 119 Å². The number of rotatable bonds is 9. The van der Waals surface area contributed by atoms with Crippen LogP contribution in [-0.2, 0) is 24.9 Å². The lowest BCUT2D eigenvalue weighted by Gasteiger charge is -2.34. The van der Waals surface area contributed by atoms with Crippen LogP contribution in [0.25, 0.3) is 11.1 Å². The Morgan fingerprint density at radius 1 is 0.628 bits per heavy atom. The average molecular weight is 577 g/mol. The molecule has 0 aliphatic carbocycles. The molecule has 0 amide bonds. The van der Waals surface area contributed by atoms with E-state index in [0.717, 1.165) is 27.9 Å². The van der Waals surface area contributed by atoms with Crippen LogP contribution in [0.2, 0.25) is 0 Å². The summed E-state index contributed by atoms with van der Waals surface area (Å²) in [6, 6.07) is 34.3. The summed E-state index contributed by atoms with van der Waals surface area (Å²) in [6.45, 7) is 17.6. The molecule has 0 unspecified atom stereocenters. The Morgan fingerprint density at radius 2 is 1.14 bits per heavy atom. The largest absolute Gasteiger partial charge is 0.495 e. The summed E-state index contributed by atoms with van der Waals surface area (Å²) in [5.74, 6) is 0.798. The van der Waals surface area contributed by atoms with Crippen molar-refractivity contribution in [2.24, 2.45) is 0 Å². The minimum absolute atomic E-state index is 0.130. The van der Waals surface area contributed by atoms with Crippen LogP contribution in [0.15, 0.2) is 97.1 Å². The van der Waals surface area contributed by atoms with Crippen molar-refractivity contribution in [2.75, 3.05) is 13.9 Å². The summed E-state index contributed by atoms with van der Waals surface area (Å²) in [5, 5.41) is 0. The van der Waals surface area contributed by atoms with Gasteiger partial charge < -0.3 is 18.8 Å². The standard InChI is InChI=1S/C38H45BO4/c1-35(2,27-18-12-10-13-19-27)29-24-31(30-22-16-17-23-33(30)39-42-37(5,6)38(7,8)43-39)34(41-26-40-9)32(25-29)36(3,4)28-20-14-11-15-21-28/h10-25H,26H2,1-9H3. The lowest BCUT2D eigenvalue weighted by molar-refractivity contribution is 0.00578. The van der Waals surface area contributed by atoms with Crippen molar-refractivity contribution in [1.29, 1.82) is 0 Å². The second-order valence-corrected chi connectivity index (χ2v) is 13.6. The third-order valence-electron chi connectivity index (χ3n) is 9.55. The lowest BCUT2D eigenvalue weighted by Crippen LogP contribution is -2.41. The van der Waals surface area contributed by atoms with Crippen molar-refractivity contribution in [3.63, 3.8) is 0 Å². The Bertz CT molecular complexity index is 1540. The van der Waals surface area contributed by atoms with Gasteiger partial charge in [0.2, 0.25) is 0 Å². The molecule has 5 rings (SSSR count). The Morgan fingerprint density at radius 3 is 1.70 bits per heavy atom. The number of methoxy groups -OCH3 is 1. The Hall–Kier alpha value is -3.38. The van der Waals surface area contributed by atoms with E-state index in [2.05, 4.69) is 146 Å². The monoisotopic (exact) mass is 576 g/mol. The Kier molecular flexibility index (Phi) is 8.39. The highest BCUT2D eigenvalue weighted by molar-refractivity contribution is 6.64. The molecular formula is C38H45BO4. The lowest BCUT2D eigenvalue weighted by atomic mass is 9.69. The molecule has 0 spiro atoms. The number of ether oxygens (including phenoxy) is 2. The van der Waals surface area contributed by atoms with Gasteiger partial charge in [0.25, 0.3) is 0 Å². The molecule has 0 N–H and O–H groups in total. The van der Waals surface area contributed by atoms with Gasteiger partial charge in [-0.2, -0.15) is 0 Å². The SMILES string of the molecule is COCOc1c(-c2ccccc2B2OC(C)(C)C(C)(C)O2)cc(C(C)(C)c2ccccc2)cc1C(C)(C)c1ccccc1. The van der Waals surface area contributed by atoms with Crippen molar-refractivity contribution in [3.8, 4) is 16.9 Å². The fourth-order valence-corrected chi connectivity index (χ4v) is 5.88. The van der Waals surface area contributed by atoms with Gasteiger partial charge in [-0.3, -0.25) is 0 Å². The molecule has 0 radical (unpaired) electrons. The Balaban J connectivity index is 1.81. The molecule has 0 aromatic heterocycles. The van der Waals surface area contributed by atoms with Gasteiger partial charge in [0.15, 0.2) is 6.79 Å². The molecule has 0 saturated carbocycles. The molecule has 224 valence electrons. The number of hydrogen-bond donors (Lipinski definition) is 0. The topological polar surface area (TPSA) is 36.9 Å². The molecule has 5 heteroatoms. The van der Waals surface area contributed by atoms with Crippen LogP contribution < -0.4 is 10.2 Å². The summed E-state index contributed by atoms with van der Waals surface area (Å²) in [5.41, 5.74) is 6.14. The number of benzene rings is 4. The molecule has 4 nitrogen and oxygen atoms in total. The van der Waals surface area contributed by atoms with Gasteiger partial charge >= 0.3 is 7.12 Å². The number of hydrogen-bond acceptors (Lipinski definition) is 4. The van der Waals surface area contributed by atoms with Crippen LogP contribution in [0.3, 0.4) is 0 Å². The van der Waals surface area contributed by atoms with Gasteiger partial charge in [0.05, 0.1) is 11.2 Å². The summed E-state index contributed by atoms with van der Waals surface area (Å²) in [6.07, 6.45) is 0. The predicted molar refractivity (Wildman–Crippen MR) is 177 cm³/mol. The van der Waals surface area contributed by atoms with Crippen molar-refractivity contribution in [2.45, 2.75) is 77.4 Å². The van der Waals surface area contributed by atoms with Gasteiger partial charge in [-0.25, -0.2) is 0 Å². The molecule has 1 saturated heterocycles. The van der Waals surface area contributed by atoms with Crippen molar-refractivity contribution < 1.29 is 18.8 Å². The first-order valence-corrected chi connectivity index (χ1v) is 15.2. The van der Waals surface area contributed by atoms with Crippen LogP contribution >= 0.6 is 0 Å². The summed E-state index contributed by atoms with van der Waals surface area (Å²) in [4.78, 5) is 0. The summed E-state index contributed by atoms with van der Waals surface area (Å²) >= 11 is 0. The zero-order valence-electron chi connectivity index (χ0n) is 27.2. The van der Waals surface area contributed by atoms with Gasteiger partial charge in [0, 0.05) is 29.1 Å². The molecule has 1 aliphatic rings. The van der Waals surface area contributed by atoms with E-state index in [1.54, 1.807) is 7.11 Å². The summed E-state index contributed by atoms with van der Waals surface area (Å²) < 4.78 is 25.2. The first-order valence-electron chi connectivity index (χ1n) is 15.2. The highest BCUT2D eigenvalue weighted by atomic mass is 16.7. The molecule has 0 bridgehead atoms. The van der Waals surface area contributed by atoms with E-state index in [1.165, 1.54) is 16.7 Å². The second-order valence-electron chi connectivity index (χ2n) is 13.6. The molecule has 1 aliphatic heterocycles. The highest BCUT2D eigenvalue weighted by Crippen LogP contribution is 2.47. The van der Waals surface area contributed by atoms with E-state index < -0.39 is 18.3 Å². The molecule has 1 heterocycles. The summed E-state index contributed by atoms with van der Waals surface area (Å²) in [7, 11) is 1.14. The van der Waals surface area contributed by atoms with E-state index in [0.29, 0.717) is 0 Å². The van der Waals surface area contributed by atoms with E-state index in [9.17, 15) is 0 Å². The van der Waals surface area contributed by atoms with Gasteiger partial charge in [-0.05, 0) is 61.5 Å². The van der Waals surface area contributed by atoms with Gasteiger partial charge in [0.1, 0.15) is 5.75 Å². The zero-order valence-corrected chi connectivity index (χ0v) is 27.2. The van der Waals surface area contributed by atoms with Gasteiger partial charge in [-0.1, -0.05) is 119 Å². The maximum atomic E-state index is 6.58. The van der Waals surface area contributed by atoms with E-state index in [1.807, 2.05) is 6.07 Å². The molecular weight excluding hydrogens is 531 g/mol. The smallest absolute Gasteiger partial charge is 0.467 e. The molecule has 0 atom stereocenters. The van der Waals surface area contributed by atoms with Crippen LogP contribution in [0.4, 0.5) is 0 Å². The van der Waals surface area contributed by atoms with E-state index in [4.69, 9.17) is 18.8 Å². The first kappa shape index (κ1) is 31.1. The first-order chi connectivity index (χ1) is 20.3. The minimum Gasteiger partial charge on any atom is -0.467 e. The minimum atomic E-state index is -0.521. The fourth-order valence-electron chi connectivity index (χ4n) is 5.88. The zero-order chi connectivity index (χ0) is 31.0. The van der Waals surface area contributed by atoms with Crippen molar-refractivity contribution in [1.82, 2.24) is 0 Å². The van der Waals surface area contributed by atoms with E-state index in [-0.39, 0.29) is 17.6 Å². The van der Waals surface area contributed by atoms with Crippen molar-refractivity contribution >= 4 is 12.6 Å². The molecule has 4 aromatic rings. The molecule has 1 fully saturated rings. The molecule has 43 heavy (non-hydrogen) atoms. The average Bonchev–Trinajstić information content (AvgIpc) is 3.22. The highest BCUT2D eigenvalue weighted by Gasteiger charge is 2.52. The van der Waals surface area contributed by atoms with E-state index >= 15 is 0 Å². The Labute approximate surface area is 258 Å². The quantitative estimate of drug-likeness (QED) is 0.148.